The quantitative estimate of drug-likeness (QED) is 0.389. The van der Waals surface area contributed by atoms with E-state index in [-0.39, 0.29) is 0 Å². The number of tetrazole rings is 1. The monoisotopic (exact) mass is 414 g/mol. The Hall–Kier alpha value is -2.46. The van der Waals surface area contributed by atoms with Crippen molar-refractivity contribution in [2.75, 3.05) is 37.0 Å². The van der Waals surface area contributed by atoms with Crippen molar-refractivity contribution in [2.24, 2.45) is 7.05 Å². The standard InChI is InChI=1S/C19H26N8OS/c1-25-18(26-11-13-28-14-12-26)21-22-19(25)29-15-7-3-6-10-27-23-17(20-24-27)16-8-4-2-5-9-16/h2,4-5,8-9H,3,6-7,10-15H2,1H3. The number of aryl methyl sites for hydroxylation is 1. The number of benzene rings is 1. The third-order valence-electron chi connectivity index (χ3n) is 4.82. The van der Waals surface area contributed by atoms with Crippen molar-refractivity contribution >= 4 is 17.7 Å². The summed E-state index contributed by atoms with van der Waals surface area (Å²) in [5, 5.41) is 22.4. The summed E-state index contributed by atoms with van der Waals surface area (Å²) in [5.74, 6) is 2.64. The van der Waals surface area contributed by atoms with Crippen molar-refractivity contribution in [3.05, 3.63) is 30.3 Å². The van der Waals surface area contributed by atoms with Crippen LogP contribution in [0.1, 0.15) is 19.3 Å². The van der Waals surface area contributed by atoms with Gasteiger partial charge in [-0.1, -0.05) is 48.5 Å². The van der Waals surface area contributed by atoms with E-state index < -0.39 is 0 Å². The normalized spacial score (nSPS) is 14.4. The highest BCUT2D eigenvalue weighted by Gasteiger charge is 2.18. The molecule has 29 heavy (non-hydrogen) atoms. The molecule has 0 amide bonds. The van der Waals surface area contributed by atoms with E-state index in [1.165, 1.54) is 0 Å². The maximum absolute atomic E-state index is 5.41. The van der Waals surface area contributed by atoms with Crippen molar-refractivity contribution in [2.45, 2.75) is 31.0 Å². The molecular weight excluding hydrogens is 388 g/mol. The van der Waals surface area contributed by atoms with Gasteiger partial charge in [0, 0.05) is 31.5 Å². The molecule has 4 rings (SSSR count). The first-order chi connectivity index (χ1) is 14.3. The molecule has 0 atom stereocenters. The molecule has 0 saturated carbocycles. The molecule has 1 aliphatic rings. The zero-order valence-corrected chi connectivity index (χ0v) is 17.5. The van der Waals surface area contributed by atoms with Gasteiger partial charge in [0.1, 0.15) is 0 Å². The second-order valence-corrected chi connectivity index (χ2v) is 7.99. The van der Waals surface area contributed by atoms with Crippen molar-refractivity contribution in [1.82, 2.24) is 35.0 Å². The van der Waals surface area contributed by atoms with Gasteiger partial charge < -0.3 is 9.64 Å². The fourth-order valence-corrected chi connectivity index (χ4v) is 4.11. The predicted molar refractivity (Wildman–Crippen MR) is 112 cm³/mol. The minimum atomic E-state index is 0.680. The van der Waals surface area contributed by atoms with Crippen LogP contribution in [0.2, 0.25) is 0 Å². The van der Waals surface area contributed by atoms with Gasteiger partial charge in [0.25, 0.3) is 0 Å². The molecule has 1 aliphatic heterocycles. The molecular formula is C19H26N8OS. The molecule has 0 aliphatic carbocycles. The third-order valence-corrected chi connectivity index (χ3v) is 5.93. The van der Waals surface area contributed by atoms with E-state index in [0.717, 1.165) is 74.5 Å². The van der Waals surface area contributed by atoms with Crippen LogP contribution in [0.3, 0.4) is 0 Å². The van der Waals surface area contributed by atoms with Crippen molar-refractivity contribution in [3.8, 4) is 11.4 Å². The van der Waals surface area contributed by atoms with E-state index >= 15 is 0 Å². The number of aromatic nitrogens is 7. The maximum Gasteiger partial charge on any atom is 0.227 e. The Morgan fingerprint density at radius 3 is 2.66 bits per heavy atom. The Balaban J connectivity index is 1.16. The summed E-state index contributed by atoms with van der Waals surface area (Å²) in [5.41, 5.74) is 0.996. The van der Waals surface area contributed by atoms with Gasteiger partial charge in [-0.2, -0.15) is 4.80 Å². The first-order valence-electron chi connectivity index (χ1n) is 9.99. The van der Waals surface area contributed by atoms with Gasteiger partial charge in [-0.25, -0.2) is 0 Å². The van der Waals surface area contributed by atoms with Crippen LogP contribution in [-0.2, 0) is 18.3 Å². The zero-order valence-electron chi connectivity index (χ0n) is 16.6. The Morgan fingerprint density at radius 2 is 1.83 bits per heavy atom. The highest BCUT2D eigenvalue weighted by molar-refractivity contribution is 7.99. The number of morpholine rings is 1. The van der Waals surface area contributed by atoms with Crippen molar-refractivity contribution in [1.29, 1.82) is 0 Å². The minimum Gasteiger partial charge on any atom is -0.378 e. The zero-order chi connectivity index (χ0) is 19.9. The lowest BCUT2D eigenvalue weighted by molar-refractivity contribution is 0.121. The molecule has 0 N–H and O–H groups in total. The van der Waals surface area contributed by atoms with Gasteiger partial charge in [0.15, 0.2) is 5.16 Å². The molecule has 10 heteroatoms. The summed E-state index contributed by atoms with van der Waals surface area (Å²) in [7, 11) is 2.04. The van der Waals surface area contributed by atoms with Gasteiger partial charge in [-0.3, -0.25) is 4.57 Å². The lowest BCUT2D eigenvalue weighted by atomic mass is 10.2. The summed E-state index contributed by atoms with van der Waals surface area (Å²) < 4.78 is 7.49. The van der Waals surface area contributed by atoms with Crippen LogP contribution in [0.5, 0.6) is 0 Å². The van der Waals surface area contributed by atoms with Gasteiger partial charge in [0.05, 0.1) is 19.8 Å². The highest BCUT2D eigenvalue weighted by atomic mass is 32.2. The average Bonchev–Trinajstić information content (AvgIpc) is 3.39. The molecule has 1 fully saturated rings. The number of thioether (sulfide) groups is 1. The summed E-state index contributed by atoms with van der Waals surface area (Å²) in [4.78, 5) is 3.92. The Kier molecular flexibility index (Phi) is 6.73. The van der Waals surface area contributed by atoms with Crippen molar-refractivity contribution in [3.63, 3.8) is 0 Å². The number of rotatable bonds is 9. The Morgan fingerprint density at radius 1 is 1.00 bits per heavy atom. The number of unbranched alkanes of at least 4 members (excludes halogenated alkanes) is 2. The van der Waals surface area contributed by atoms with E-state index in [1.54, 1.807) is 16.6 Å². The second-order valence-electron chi connectivity index (χ2n) is 6.93. The number of hydrogen-bond acceptors (Lipinski definition) is 8. The lowest BCUT2D eigenvalue weighted by Gasteiger charge is -2.27. The first-order valence-corrected chi connectivity index (χ1v) is 11.0. The summed E-state index contributed by atoms with van der Waals surface area (Å²) in [6, 6.07) is 9.94. The second kappa shape index (κ2) is 9.84. The van der Waals surface area contributed by atoms with Crippen LogP contribution in [-0.4, -0.2) is 67.0 Å². The number of hydrogen-bond donors (Lipinski definition) is 0. The number of anilines is 1. The average molecular weight is 415 g/mol. The Bertz CT molecular complexity index is 891. The SMILES string of the molecule is Cn1c(SCCCCCn2nnc(-c3ccccc3)n2)nnc1N1CCOCC1. The molecule has 3 heterocycles. The van der Waals surface area contributed by atoms with Crippen LogP contribution in [0, 0.1) is 0 Å². The summed E-state index contributed by atoms with van der Waals surface area (Å²) in [6.45, 7) is 4.04. The number of ether oxygens (including phenoxy) is 1. The van der Waals surface area contributed by atoms with E-state index in [2.05, 4.69) is 35.1 Å². The van der Waals surface area contributed by atoms with Crippen LogP contribution in [0.25, 0.3) is 11.4 Å². The minimum absolute atomic E-state index is 0.680. The van der Waals surface area contributed by atoms with Crippen LogP contribution in [0.4, 0.5) is 5.95 Å². The molecule has 3 aromatic rings. The largest absolute Gasteiger partial charge is 0.378 e. The predicted octanol–water partition coefficient (Wildman–Crippen LogP) is 2.27. The van der Waals surface area contributed by atoms with Crippen molar-refractivity contribution < 1.29 is 4.74 Å². The lowest BCUT2D eigenvalue weighted by Crippen LogP contribution is -2.37. The molecule has 154 valence electrons. The van der Waals surface area contributed by atoms with Gasteiger partial charge in [-0.15, -0.1) is 20.4 Å². The molecule has 1 aromatic carbocycles. The van der Waals surface area contributed by atoms with E-state index in [0.29, 0.717) is 5.82 Å². The molecule has 0 bridgehead atoms. The van der Waals surface area contributed by atoms with Gasteiger partial charge >= 0.3 is 0 Å². The van der Waals surface area contributed by atoms with Gasteiger partial charge in [0.2, 0.25) is 11.8 Å². The molecule has 9 nitrogen and oxygen atoms in total. The van der Waals surface area contributed by atoms with E-state index in [9.17, 15) is 0 Å². The van der Waals surface area contributed by atoms with E-state index in [1.807, 2.05) is 37.4 Å². The molecule has 0 radical (unpaired) electrons. The first kappa shape index (κ1) is 19.8. The maximum atomic E-state index is 5.41. The van der Waals surface area contributed by atoms with E-state index in [4.69, 9.17) is 4.74 Å². The molecule has 0 unspecified atom stereocenters. The number of nitrogens with zero attached hydrogens (tertiary/aromatic N) is 8. The topological polar surface area (TPSA) is 86.8 Å². The molecule has 0 spiro atoms. The Labute approximate surface area is 174 Å². The third kappa shape index (κ3) is 5.13. The fraction of sp³-hybridized carbons (Fsp3) is 0.526. The van der Waals surface area contributed by atoms with Gasteiger partial charge in [-0.05, 0) is 18.1 Å². The summed E-state index contributed by atoms with van der Waals surface area (Å²) >= 11 is 1.76. The molecule has 2 aromatic heterocycles. The molecule has 1 saturated heterocycles. The van der Waals surface area contributed by atoms with Crippen LogP contribution in [0.15, 0.2) is 35.5 Å². The van der Waals surface area contributed by atoms with Crippen LogP contribution < -0.4 is 4.90 Å². The summed E-state index contributed by atoms with van der Waals surface area (Å²) in [6.07, 6.45) is 3.26. The van der Waals surface area contributed by atoms with Crippen LogP contribution >= 0.6 is 11.8 Å². The smallest absolute Gasteiger partial charge is 0.227 e. The highest BCUT2D eigenvalue weighted by Crippen LogP contribution is 2.22. The fourth-order valence-electron chi connectivity index (χ4n) is 3.21.